The summed E-state index contributed by atoms with van der Waals surface area (Å²) >= 11 is 0. The lowest BCUT2D eigenvalue weighted by Gasteiger charge is -2.05. The molecular weight excluding hydrogens is 220 g/mol. The maximum Gasteiger partial charge on any atom is 0.0702 e. The summed E-state index contributed by atoms with van der Waals surface area (Å²) in [6.07, 6.45) is 1.93. The van der Waals surface area contributed by atoms with Crippen LogP contribution >= 0.6 is 0 Å². The van der Waals surface area contributed by atoms with Gasteiger partial charge in [0.25, 0.3) is 0 Å². The van der Waals surface area contributed by atoms with Gasteiger partial charge in [0.15, 0.2) is 0 Å². The van der Waals surface area contributed by atoms with Crippen LogP contribution in [0.15, 0.2) is 60.8 Å². The molecule has 2 nitrogen and oxygen atoms in total. The third kappa shape index (κ3) is 1.93. The van der Waals surface area contributed by atoms with Gasteiger partial charge in [0.05, 0.1) is 5.52 Å². The molecule has 1 aromatic heterocycles. The minimum Gasteiger partial charge on any atom is -0.388 e. The molecule has 0 aliphatic carbocycles. The highest BCUT2D eigenvalue weighted by Crippen LogP contribution is 2.23. The molecule has 0 saturated carbocycles. The third-order valence-corrected chi connectivity index (χ3v) is 3.10. The van der Waals surface area contributed by atoms with E-state index < -0.39 is 0 Å². The van der Waals surface area contributed by atoms with Crippen molar-refractivity contribution in [3.8, 4) is 11.1 Å². The van der Waals surface area contributed by atoms with E-state index in [-0.39, 0.29) is 0 Å². The second-order valence-electron chi connectivity index (χ2n) is 4.24. The minimum absolute atomic E-state index is 1.04. The van der Waals surface area contributed by atoms with Crippen molar-refractivity contribution in [3.63, 3.8) is 0 Å². The Balaban J connectivity index is 2.07. The van der Waals surface area contributed by atoms with Crippen molar-refractivity contribution in [2.24, 2.45) is 0 Å². The molecule has 2 aromatic carbocycles. The summed E-state index contributed by atoms with van der Waals surface area (Å²) in [6.45, 7) is 0. The van der Waals surface area contributed by atoms with Gasteiger partial charge in [-0.25, -0.2) is 0 Å². The zero-order valence-corrected chi connectivity index (χ0v) is 10.2. The average Bonchev–Trinajstić information content (AvgIpc) is 2.47. The quantitative estimate of drug-likeness (QED) is 0.726. The Labute approximate surface area is 106 Å². The fraction of sp³-hybridized carbons (Fsp3) is 0.0625. The van der Waals surface area contributed by atoms with Crippen LogP contribution in [0.4, 0.5) is 5.69 Å². The minimum atomic E-state index is 1.04. The summed E-state index contributed by atoms with van der Waals surface area (Å²) in [5, 5.41) is 4.29. The lowest BCUT2D eigenvalue weighted by Crippen LogP contribution is -1.87. The van der Waals surface area contributed by atoms with Crippen molar-refractivity contribution in [1.82, 2.24) is 4.98 Å². The van der Waals surface area contributed by atoms with E-state index in [9.17, 15) is 0 Å². The zero-order valence-electron chi connectivity index (χ0n) is 10.2. The molecule has 0 saturated heterocycles. The first kappa shape index (κ1) is 10.8. The Morgan fingerprint density at radius 1 is 0.889 bits per heavy atom. The van der Waals surface area contributed by atoms with Gasteiger partial charge in [-0.15, -0.1) is 0 Å². The highest BCUT2D eigenvalue weighted by Gasteiger charge is 2.00. The molecule has 0 unspecified atom stereocenters. The fourth-order valence-corrected chi connectivity index (χ4v) is 2.06. The molecule has 3 aromatic rings. The van der Waals surface area contributed by atoms with E-state index in [4.69, 9.17) is 0 Å². The molecule has 0 amide bonds. The van der Waals surface area contributed by atoms with Gasteiger partial charge in [-0.3, -0.25) is 4.98 Å². The summed E-state index contributed by atoms with van der Waals surface area (Å²) in [4.78, 5) is 4.48. The first-order valence-corrected chi connectivity index (χ1v) is 6.00. The van der Waals surface area contributed by atoms with Gasteiger partial charge in [0.2, 0.25) is 0 Å². The smallest absolute Gasteiger partial charge is 0.0702 e. The lowest BCUT2D eigenvalue weighted by molar-refractivity contribution is 1.41. The monoisotopic (exact) mass is 234 g/mol. The standard InChI is InChI=1S/C16H14N2/c1-17-15-8-6-12(7-9-15)14-10-13-4-2-3-5-16(13)18-11-14/h2-11,17H,1H3. The van der Waals surface area contributed by atoms with E-state index in [2.05, 4.69) is 46.7 Å². The Morgan fingerprint density at radius 2 is 1.67 bits per heavy atom. The summed E-state index contributed by atoms with van der Waals surface area (Å²) in [6, 6.07) is 18.7. The van der Waals surface area contributed by atoms with Crippen molar-refractivity contribution in [2.45, 2.75) is 0 Å². The maximum absolute atomic E-state index is 4.48. The molecule has 0 bridgehead atoms. The van der Waals surface area contributed by atoms with Gasteiger partial charge in [0.1, 0.15) is 0 Å². The number of benzene rings is 2. The SMILES string of the molecule is CNc1ccc(-c2cnc3ccccc3c2)cc1. The molecule has 0 atom stereocenters. The van der Waals surface area contributed by atoms with Crippen molar-refractivity contribution in [1.29, 1.82) is 0 Å². The molecule has 3 rings (SSSR count). The highest BCUT2D eigenvalue weighted by atomic mass is 14.8. The number of nitrogens with one attached hydrogen (secondary N) is 1. The van der Waals surface area contributed by atoms with Crippen LogP contribution in [0.3, 0.4) is 0 Å². The van der Waals surface area contributed by atoms with Gasteiger partial charge < -0.3 is 5.32 Å². The third-order valence-electron chi connectivity index (χ3n) is 3.10. The van der Waals surface area contributed by atoms with E-state index in [1.807, 2.05) is 31.4 Å². The Hall–Kier alpha value is -2.35. The van der Waals surface area contributed by atoms with Crippen molar-refractivity contribution in [2.75, 3.05) is 12.4 Å². The fourth-order valence-electron chi connectivity index (χ4n) is 2.06. The van der Waals surface area contributed by atoms with Crippen LogP contribution < -0.4 is 5.32 Å². The van der Waals surface area contributed by atoms with Crippen molar-refractivity contribution in [3.05, 3.63) is 60.8 Å². The molecule has 0 radical (unpaired) electrons. The second-order valence-corrected chi connectivity index (χ2v) is 4.24. The van der Waals surface area contributed by atoms with Crippen LogP contribution in [0.25, 0.3) is 22.0 Å². The van der Waals surface area contributed by atoms with Gasteiger partial charge in [-0.05, 0) is 29.8 Å². The molecule has 88 valence electrons. The zero-order chi connectivity index (χ0) is 12.4. The van der Waals surface area contributed by atoms with E-state index in [1.165, 1.54) is 10.9 Å². The first-order chi connectivity index (χ1) is 8.86. The van der Waals surface area contributed by atoms with E-state index in [1.54, 1.807) is 0 Å². The number of aromatic nitrogens is 1. The van der Waals surface area contributed by atoms with Crippen LogP contribution in [0.2, 0.25) is 0 Å². The average molecular weight is 234 g/mol. The number of nitrogens with zero attached hydrogens (tertiary/aromatic N) is 1. The molecule has 18 heavy (non-hydrogen) atoms. The summed E-state index contributed by atoms with van der Waals surface area (Å²) in [7, 11) is 1.92. The summed E-state index contributed by atoms with van der Waals surface area (Å²) in [5.74, 6) is 0. The summed E-state index contributed by atoms with van der Waals surface area (Å²) in [5.41, 5.74) is 4.49. The molecule has 0 aliphatic rings. The van der Waals surface area contributed by atoms with Gasteiger partial charge in [-0.2, -0.15) is 0 Å². The predicted molar refractivity (Wildman–Crippen MR) is 76.7 cm³/mol. The molecule has 0 aliphatic heterocycles. The second kappa shape index (κ2) is 4.49. The number of fused-ring (bicyclic) bond motifs is 1. The van der Waals surface area contributed by atoms with Crippen LogP contribution in [0, 0.1) is 0 Å². The molecule has 0 fully saturated rings. The number of pyridine rings is 1. The van der Waals surface area contributed by atoms with E-state index in [0.29, 0.717) is 0 Å². The van der Waals surface area contributed by atoms with Gasteiger partial charge in [-0.1, -0.05) is 30.3 Å². The van der Waals surface area contributed by atoms with Gasteiger partial charge >= 0.3 is 0 Å². The Kier molecular flexibility index (Phi) is 2.69. The summed E-state index contributed by atoms with van der Waals surface area (Å²) < 4.78 is 0. The van der Waals surface area contributed by atoms with E-state index in [0.717, 1.165) is 16.8 Å². The number of hydrogen-bond donors (Lipinski definition) is 1. The number of rotatable bonds is 2. The number of para-hydroxylation sites is 1. The Morgan fingerprint density at radius 3 is 2.44 bits per heavy atom. The Bertz CT molecular complexity index is 672. The van der Waals surface area contributed by atoms with Gasteiger partial charge in [0, 0.05) is 29.9 Å². The normalized spacial score (nSPS) is 10.5. The molecular formula is C16H14N2. The molecule has 0 spiro atoms. The lowest BCUT2D eigenvalue weighted by atomic mass is 10.1. The molecule has 2 heteroatoms. The maximum atomic E-state index is 4.48. The molecule has 1 heterocycles. The largest absolute Gasteiger partial charge is 0.388 e. The highest BCUT2D eigenvalue weighted by molar-refractivity contribution is 5.83. The van der Waals surface area contributed by atoms with Crippen LogP contribution in [0.1, 0.15) is 0 Å². The molecule has 1 N–H and O–H groups in total. The van der Waals surface area contributed by atoms with Crippen molar-refractivity contribution >= 4 is 16.6 Å². The number of hydrogen-bond acceptors (Lipinski definition) is 2. The van der Waals surface area contributed by atoms with Crippen LogP contribution in [-0.2, 0) is 0 Å². The number of anilines is 1. The van der Waals surface area contributed by atoms with Crippen LogP contribution in [0.5, 0.6) is 0 Å². The van der Waals surface area contributed by atoms with E-state index >= 15 is 0 Å². The first-order valence-electron chi connectivity index (χ1n) is 6.00. The topological polar surface area (TPSA) is 24.9 Å². The van der Waals surface area contributed by atoms with Crippen LogP contribution in [-0.4, -0.2) is 12.0 Å². The predicted octanol–water partition coefficient (Wildman–Crippen LogP) is 3.94. The van der Waals surface area contributed by atoms with Crippen molar-refractivity contribution < 1.29 is 0 Å².